The van der Waals surface area contributed by atoms with E-state index in [4.69, 9.17) is 14.3 Å². The van der Waals surface area contributed by atoms with E-state index in [1.165, 1.54) is 0 Å². The molecule has 0 saturated carbocycles. The molecule has 0 atom stereocenters. The lowest BCUT2D eigenvalue weighted by atomic mass is 9.86. The molecule has 0 radical (unpaired) electrons. The molecule has 0 aromatic heterocycles. The molecule has 21 heavy (non-hydrogen) atoms. The standard InChI is InChI=1S/C16H19O4P/c1-16(2,3)13-9-10-14(12-7-5-4-6-8-12)15(11-13)20-21(17,18)19/h4-11H,1-3H3,(H2,17,18,19). The summed E-state index contributed by atoms with van der Waals surface area (Å²) in [6, 6.07) is 14.9. The maximum absolute atomic E-state index is 11.2. The van der Waals surface area contributed by atoms with Gasteiger partial charge in [-0.05, 0) is 22.6 Å². The Kier molecular flexibility index (Phi) is 4.24. The second-order valence-electron chi connectivity index (χ2n) is 5.91. The molecule has 0 unspecified atom stereocenters. The van der Waals surface area contributed by atoms with Gasteiger partial charge < -0.3 is 4.52 Å². The molecule has 2 rings (SSSR count). The summed E-state index contributed by atoms with van der Waals surface area (Å²) in [4.78, 5) is 18.3. The second-order valence-corrected chi connectivity index (χ2v) is 7.07. The van der Waals surface area contributed by atoms with Crippen molar-refractivity contribution in [2.75, 3.05) is 0 Å². The number of benzene rings is 2. The average molecular weight is 306 g/mol. The zero-order valence-electron chi connectivity index (χ0n) is 12.3. The van der Waals surface area contributed by atoms with Crippen molar-refractivity contribution in [2.45, 2.75) is 26.2 Å². The van der Waals surface area contributed by atoms with Crippen molar-refractivity contribution >= 4 is 7.82 Å². The number of hydrogen-bond acceptors (Lipinski definition) is 2. The van der Waals surface area contributed by atoms with Gasteiger partial charge in [-0.2, -0.15) is 0 Å². The van der Waals surface area contributed by atoms with Crippen LogP contribution in [-0.4, -0.2) is 9.79 Å². The molecule has 0 heterocycles. The Bertz CT molecular complexity index is 668. The van der Waals surface area contributed by atoms with E-state index in [1.54, 1.807) is 6.07 Å². The Morgan fingerprint density at radius 1 is 1.00 bits per heavy atom. The molecule has 2 N–H and O–H groups in total. The van der Waals surface area contributed by atoms with Gasteiger partial charge in [-0.25, -0.2) is 4.57 Å². The molecule has 0 fully saturated rings. The van der Waals surface area contributed by atoms with Crippen molar-refractivity contribution in [3.63, 3.8) is 0 Å². The molecule has 0 spiro atoms. The average Bonchev–Trinajstić information content (AvgIpc) is 2.36. The highest BCUT2D eigenvalue weighted by Crippen LogP contribution is 2.43. The van der Waals surface area contributed by atoms with Gasteiger partial charge in [-0.3, -0.25) is 9.79 Å². The lowest BCUT2D eigenvalue weighted by Gasteiger charge is -2.21. The highest BCUT2D eigenvalue weighted by molar-refractivity contribution is 7.46. The first kappa shape index (κ1) is 15.8. The fourth-order valence-electron chi connectivity index (χ4n) is 2.05. The molecule has 5 heteroatoms. The van der Waals surface area contributed by atoms with Gasteiger partial charge in [-0.1, -0.05) is 63.2 Å². The maximum Gasteiger partial charge on any atom is 0.524 e. The lowest BCUT2D eigenvalue weighted by Crippen LogP contribution is -2.11. The first-order valence-electron chi connectivity index (χ1n) is 6.62. The Morgan fingerprint density at radius 2 is 1.62 bits per heavy atom. The van der Waals surface area contributed by atoms with E-state index in [-0.39, 0.29) is 11.2 Å². The highest BCUT2D eigenvalue weighted by Gasteiger charge is 2.22. The fraction of sp³-hybridized carbons (Fsp3) is 0.250. The van der Waals surface area contributed by atoms with Crippen LogP contribution < -0.4 is 4.52 Å². The molecule has 0 bridgehead atoms. The summed E-state index contributed by atoms with van der Waals surface area (Å²) >= 11 is 0. The van der Waals surface area contributed by atoms with Gasteiger partial charge in [0, 0.05) is 5.56 Å². The minimum atomic E-state index is -4.61. The highest BCUT2D eigenvalue weighted by atomic mass is 31.2. The molecule has 0 aliphatic heterocycles. The van der Waals surface area contributed by atoms with Crippen LogP contribution in [0, 0.1) is 0 Å². The van der Waals surface area contributed by atoms with E-state index in [9.17, 15) is 4.57 Å². The van der Waals surface area contributed by atoms with Crippen LogP contribution in [0.4, 0.5) is 0 Å². The first-order valence-corrected chi connectivity index (χ1v) is 8.15. The maximum atomic E-state index is 11.2. The smallest absolute Gasteiger partial charge is 0.404 e. The van der Waals surface area contributed by atoms with Crippen LogP contribution in [0.1, 0.15) is 26.3 Å². The monoisotopic (exact) mass is 306 g/mol. The third kappa shape index (κ3) is 4.18. The Hall–Kier alpha value is -1.61. The van der Waals surface area contributed by atoms with Crippen LogP contribution in [0.2, 0.25) is 0 Å². The summed E-state index contributed by atoms with van der Waals surface area (Å²) in [5.41, 5.74) is 2.32. The molecule has 0 amide bonds. The molecular formula is C16H19O4P. The van der Waals surface area contributed by atoms with Crippen molar-refractivity contribution in [2.24, 2.45) is 0 Å². The van der Waals surface area contributed by atoms with Gasteiger partial charge in [0.1, 0.15) is 5.75 Å². The van der Waals surface area contributed by atoms with Crippen LogP contribution in [-0.2, 0) is 9.98 Å². The Morgan fingerprint density at radius 3 is 2.14 bits per heavy atom. The number of hydrogen-bond donors (Lipinski definition) is 2. The normalized spacial score (nSPS) is 12.2. The predicted octanol–water partition coefficient (Wildman–Crippen LogP) is 4.12. The SMILES string of the molecule is CC(C)(C)c1ccc(-c2ccccc2)c(OP(=O)(O)O)c1. The van der Waals surface area contributed by atoms with Gasteiger partial charge in [0.25, 0.3) is 0 Å². The molecule has 2 aromatic rings. The zero-order valence-corrected chi connectivity index (χ0v) is 13.2. The van der Waals surface area contributed by atoms with Gasteiger partial charge >= 0.3 is 7.82 Å². The summed E-state index contributed by atoms with van der Waals surface area (Å²) in [6.07, 6.45) is 0. The topological polar surface area (TPSA) is 66.8 Å². The first-order chi connectivity index (χ1) is 9.67. The van der Waals surface area contributed by atoms with Crippen molar-refractivity contribution in [3.05, 3.63) is 54.1 Å². The van der Waals surface area contributed by atoms with Crippen LogP contribution in [0.15, 0.2) is 48.5 Å². The van der Waals surface area contributed by atoms with Crippen LogP contribution in [0.3, 0.4) is 0 Å². The Labute approximate surface area is 124 Å². The van der Waals surface area contributed by atoms with Gasteiger partial charge in [0.05, 0.1) is 0 Å². The van der Waals surface area contributed by atoms with E-state index in [0.717, 1.165) is 11.1 Å². The largest absolute Gasteiger partial charge is 0.524 e. The van der Waals surface area contributed by atoms with Crippen LogP contribution >= 0.6 is 7.82 Å². The molecule has 0 aliphatic rings. The third-order valence-corrected chi connectivity index (χ3v) is 3.58. The molecule has 0 aliphatic carbocycles. The van der Waals surface area contributed by atoms with Crippen molar-refractivity contribution < 1.29 is 18.9 Å². The van der Waals surface area contributed by atoms with E-state index in [1.807, 2.05) is 63.2 Å². The molecule has 0 saturated heterocycles. The third-order valence-electron chi connectivity index (χ3n) is 3.15. The quantitative estimate of drug-likeness (QED) is 0.837. The summed E-state index contributed by atoms with van der Waals surface area (Å²) in [5, 5.41) is 0. The summed E-state index contributed by atoms with van der Waals surface area (Å²) < 4.78 is 16.1. The van der Waals surface area contributed by atoms with E-state index in [0.29, 0.717) is 5.56 Å². The number of phosphoric ester groups is 1. The minimum Gasteiger partial charge on any atom is -0.404 e. The second kappa shape index (κ2) is 5.64. The van der Waals surface area contributed by atoms with Gasteiger partial charge in [0.15, 0.2) is 0 Å². The summed E-state index contributed by atoms with van der Waals surface area (Å²) in [6.45, 7) is 6.10. The van der Waals surface area contributed by atoms with Gasteiger partial charge in [0.2, 0.25) is 0 Å². The van der Waals surface area contributed by atoms with Crippen molar-refractivity contribution in [1.82, 2.24) is 0 Å². The Balaban J connectivity index is 2.57. The zero-order chi connectivity index (χ0) is 15.7. The number of rotatable bonds is 3. The molecule has 2 aromatic carbocycles. The minimum absolute atomic E-state index is 0.137. The molecule has 4 nitrogen and oxygen atoms in total. The van der Waals surface area contributed by atoms with Crippen molar-refractivity contribution in [1.29, 1.82) is 0 Å². The van der Waals surface area contributed by atoms with E-state index in [2.05, 4.69) is 0 Å². The predicted molar refractivity (Wildman–Crippen MR) is 83.3 cm³/mol. The van der Waals surface area contributed by atoms with E-state index < -0.39 is 7.82 Å². The van der Waals surface area contributed by atoms with Crippen LogP contribution in [0.25, 0.3) is 11.1 Å². The lowest BCUT2D eigenvalue weighted by molar-refractivity contribution is 0.283. The molecular weight excluding hydrogens is 287 g/mol. The summed E-state index contributed by atoms with van der Waals surface area (Å²) in [7, 11) is -4.61. The van der Waals surface area contributed by atoms with Crippen molar-refractivity contribution in [3.8, 4) is 16.9 Å². The van der Waals surface area contributed by atoms with Crippen LogP contribution in [0.5, 0.6) is 5.75 Å². The fourth-order valence-corrected chi connectivity index (χ4v) is 2.46. The number of phosphoric acid groups is 1. The summed E-state index contributed by atoms with van der Waals surface area (Å²) in [5.74, 6) is 0.196. The van der Waals surface area contributed by atoms with Gasteiger partial charge in [-0.15, -0.1) is 0 Å². The molecule has 112 valence electrons. The van der Waals surface area contributed by atoms with E-state index >= 15 is 0 Å².